The van der Waals surface area contributed by atoms with Crippen molar-refractivity contribution in [2.45, 2.75) is 37.7 Å². The molecule has 0 fully saturated rings. The van der Waals surface area contributed by atoms with Gasteiger partial charge < -0.3 is 9.30 Å². The van der Waals surface area contributed by atoms with E-state index in [1.54, 1.807) is 24.9 Å². The van der Waals surface area contributed by atoms with Crippen LogP contribution in [0.15, 0.2) is 29.4 Å². The van der Waals surface area contributed by atoms with Gasteiger partial charge in [-0.3, -0.25) is 0 Å². The van der Waals surface area contributed by atoms with Crippen LogP contribution in [0.1, 0.15) is 29.1 Å². The molecule has 2 rings (SSSR count). The van der Waals surface area contributed by atoms with E-state index in [0.29, 0.717) is 12.2 Å². The summed E-state index contributed by atoms with van der Waals surface area (Å²) in [6, 6.07) is 6.91. The summed E-state index contributed by atoms with van der Waals surface area (Å²) in [5, 5.41) is 0.923. The number of nitrogens with zero attached hydrogens (tertiary/aromatic N) is 2. The van der Waals surface area contributed by atoms with E-state index < -0.39 is 0 Å². The predicted molar refractivity (Wildman–Crippen MR) is 84.2 cm³/mol. The maximum atomic E-state index is 13.9. The number of thioether (sulfide) groups is 1. The molecule has 0 aliphatic carbocycles. The van der Waals surface area contributed by atoms with E-state index in [0.717, 1.165) is 23.1 Å². The highest BCUT2D eigenvalue weighted by molar-refractivity contribution is 7.99. The summed E-state index contributed by atoms with van der Waals surface area (Å²) in [5.74, 6) is -0.166. The number of methoxy groups -OCH3 is 1. The van der Waals surface area contributed by atoms with E-state index in [9.17, 15) is 4.39 Å². The van der Waals surface area contributed by atoms with Gasteiger partial charge in [-0.05, 0) is 26.8 Å². The van der Waals surface area contributed by atoms with Gasteiger partial charge in [-0.15, -0.1) is 0 Å². The lowest BCUT2D eigenvalue weighted by Gasteiger charge is -2.14. The lowest BCUT2D eigenvalue weighted by atomic mass is 10.1. The summed E-state index contributed by atoms with van der Waals surface area (Å²) in [5.41, 5.74) is 2.85. The first kappa shape index (κ1) is 16.0. The highest BCUT2D eigenvalue weighted by Gasteiger charge is 2.17. The maximum Gasteiger partial charge on any atom is 0.169 e. The fourth-order valence-electron chi connectivity index (χ4n) is 2.19. The Kier molecular flexibility index (Phi) is 5.42. The number of rotatable bonds is 6. The van der Waals surface area contributed by atoms with Crippen molar-refractivity contribution in [1.82, 2.24) is 9.55 Å². The van der Waals surface area contributed by atoms with E-state index in [-0.39, 0.29) is 11.1 Å². The molecule has 0 radical (unpaired) electrons. The minimum absolute atomic E-state index is 0.00805. The lowest BCUT2D eigenvalue weighted by Crippen LogP contribution is -2.08. The van der Waals surface area contributed by atoms with E-state index in [1.165, 1.54) is 6.07 Å². The summed E-state index contributed by atoms with van der Waals surface area (Å²) in [4.78, 5) is 4.61. The van der Waals surface area contributed by atoms with Crippen molar-refractivity contribution < 1.29 is 9.13 Å². The van der Waals surface area contributed by atoms with Gasteiger partial charge in [-0.25, -0.2) is 9.37 Å². The van der Waals surface area contributed by atoms with Gasteiger partial charge in [0.2, 0.25) is 0 Å². The Morgan fingerprint density at radius 2 is 2.05 bits per heavy atom. The molecular weight excluding hydrogens is 287 g/mol. The smallest absolute Gasteiger partial charge is 0.169 e. The Balaban J connectivity index is 2.23. The molecule has 0 saturated carbocycles. The lowest BCUT2D eigenvalue weighted by molar-refractivity contribution is 0.184. The number of hydrogen-bond acceptors (Lipinski definition) is 3. The second-order valence-corrected chi connectivity index (χ2v) is 6.30. The van der Waals surface area contributed by atoms with Crippen LogP contribution < -0.4 is 0 Å². The summed E-state index contributed by atoms with van der Waals surface area (Å²) >= 11 is 1.58. The first-order valence-corrected chi connectivity index (χ1v) is 7.86. The van der Waals surface area contributed by atoms with Gasteiger partial charge in [-0.2, -0.15) is 0 Å². The van der Waals surface area contributed by atoms with Crippen molar-refractivity contribution in [1.29, 1.82) is 0 Å². The van der Waals surface area contributed by atoms with E-state index in [2.05, 4.69) is 16.5 Å². The van der Waals surface area contributed by atoms with Crippen LogP contribution in [-0.2, 0) is 11.3 Å². The van der Waals surface area contributed by atoms with Gasteiger partial charge in [-0.1, -0.05) is 30.0 Å². The number of halogens is 1. The molecule has 1 aromatic carbocycles. The minimum atomic E-state index is -0.166. The van der Waals surface area contributed by atoms with Gasteiger partial charge in [0.15, 0.2) is 5.16 Å². The van der Waals surface area contributed by atoms with Gasteiger partial charge in [0.05, 0.1) is 12.3 Å². The number of imidazole rings is 1. The zero-order valence-corrected chi connectivity index (χ0v) is 13.7. The summed E-state index contributed by atoms with van der Waals surface area (Å²) in [6.07, 6.45) is 0. The fraction of sp³-hybridized carbons (Fsp3) is 0.438. The average molecular weight is 308 g/mol. The van der Waals surface area contributed by atoms with Crippen molar-refractivity contribution in [3.63, 3.8) is 0 Å². The highest BCUT2D eigenvalue weighted by atomic mass is 32.2. The SMILES string of the molecule is COCCn1c(SC(C)c2ccccc2F)nc(C)c1C. The standard InChI is InChI=1S/C16H21FN2OS/c1-11-12(2)19(9-10-20-4)16(18-11)21-13(3)14-7-5-6-8-15(14)17/h5-8,13H,9-10H2,1-4H3. The molecule has 0 amide bonds. The largest absolute Gasteiger partial charge is 0.383 e. The third kappa shape index (κ3) is 3.66. The molecule has 5 heteroatoms. The number of benzene rings is 1. The van der Waals surface area contributed by atoms with Gasteiger partial charge in [0.25, 0.3) is 0 Å². The molecule has 1 unspecified atom stereocenters. The molecule has 1 aromatic heterocycles. The van der Waals surface area contributed by atoms with Crippen LogP contribution in [0.3, 0.4) is 0 Å². The quantitative estimate of drug-likeness (QED) is 0.751. The van der Waals surface area contributed by atoms with E-state index in [4.69, 9.17) is 4.74 Å². The molecule has 1 heterocycles. The molecule has 114 valence electrons. The summed E-state index contributed by atoms with van der Waals surface area (Å²) in [7, 11) is 1.69. The molecule has 3 nitrogen and oxygen atoms in total. The molecule has 1 atom stereocenters. The van der Waals surface area contributed by atoms with Crippen molar-refractivity contribution in [3.8, 4) is 0 Å². The second kappa shape index (κ2) is 7.09. The summed E-state index contributed by atoms with van der Waals surface area (Å²) < 4.78 is 21.2. The molecule has 0 N–H and O–H groups in total. The Morgan fingerprint density at radius 3 is 2.71 bits per heavy atom. The fourth-order valence-corrected chi connectivity index (χ4v) is 3.37. The Bertz CT molecular complexity index is 612. The number of hydrogen-bond donors (Lipinski definition) is 0. The predicted octanol–water partition coefficient (Wildman–Crippen LogP) is 4.14. The van der Waals surface area contributed by atoms with Crippen LogP contribution in [0.2, 0.25) is 0 Å². The Labute approximate surface area is 129 Å². The normalized spacial score (nSPS) is 12.6. The Hall–Kier alpha value is -1.33. The van der Waals surface area contributed by atoms with Gasteiger partial charge >= 0.3 is 0 Å². The van der Waals surface area contributed by atoms with Crippen molar-refractivity contribution in [2.24, 2.45) is 0 Å². The van der Waals surface area contributed by atoms with Crippen LogP contribution in [-0.4, -0.2) is 23.3 Å². The van der Waals surface area contributed by atoms with Crippen molar-refractivity contribution >= 4 is 11.8 Å². The summed E-state index contributed by atoms with van der Waals surface area (Å²) in [6.45, 7) is 7.45. The average Bonchev–Trinajstić information content (AvgIpc) is 2.72. The first-order chi connectivity index (χ1) is 10.0. The van der Waals surface area contributed by atoms with E-state index in [1.807, 2.05) is 26.0 Å². The number of aryl methyl sites for hydroxylation is 1. The maximum absolute atomic E-state index is 13.9. The van der Waals surface area contributed by atoms with Crippen LogP contribution in [0, 0.1) is 19.7 Å². The third-order valence-corrected chi connectivity index (χ3v) is 4.70. The molecular formula is C16H21FN2OS. The monoisotopic (exact) mass is 308 g/mol. The highest BCUT2D eigenvalue weighted by Crippen LogP contribution is 2.36. The molecule has 0 aliphatic rings. The second-order valence-electron chi connectivity index (χ2n) is 4.99. The minimum Gasteiger partial charge on any atom is -0.383 e. The molecule has 21 heavy (non-hydrogen) atoms. The molecule has 0 saturated heterocycles. The third-order valence-electron chi connectivity index (χ3n) is 3.57. The molecule has 2 aromatic rings. The molecule has 0 spiro atoms. The van der Waals surface area contributed by atoms with Crippen LogP contribution >= 0.6 is 11.8 Å². The van der Waals surface area contributed by atoms with Gasteiger partial charge in [0, 0.05) is 30.2 Å². The van der Waals surface area contributed by atoms with Crippen LogP contribution in [0.5, 0.6) is 0 Å². The van der Waals surface area contributed by atoms with Crippen LogP contribution in [0.4, 0.5) is 4.39 Å². The number of aromatic nitrogens is 2. The van der Waals surface area contributed by atoms with Crippen molar-refractivity contribution in [2.75, 3.05) is 13.7 Å². The van der Waals surface area contributed by atoms with Crippen LogP contribution in [0.25, 0.3) is 0 Å². The zero-order valence-electron chi connectivity index (χ0n) is 12.9. The molecule has 0 aliphatic heterocycles. The topological polar surface area (TPSA) is 27.1 Å². The van der Waals surface area contributed by atoms with Gasteiger partial charge in [0.1, 0.15) is 5.82 Å². The Morgan fingerprint density at radius 1 is 1.33 bits per heavy atom. The zero-order chi connectivity index (χ0) is 15.4. The van der Waals surface area contributed by atoms with E-state index >= 15 is 0 Å². The number of ether oxygens (including phenoxy) is 1. The first-order valence-electron chi connectivity index (χ1n) is 6.98. The van der Waals surface area contributed by atoms with Crippen molar-refractivity contribution in [3.05, 3.63) is 47.0 Å². The molecule has 0 bridgehead atoms.